The maximum absolute atomic E-state index is 5.65. The highest BCUT2D eigenvalue weighted by Gasteiger charge is 2.17. The number of hydrogen-bond acceptors (Lipinski definition) is 4. The van der Waals surface area contributed by atoms with Gasteiger partial charge in [-0.3, -0.25) is 16.3 Å². The maximum atomic E-state index is 5.65. The van der Waals surface area contributed by atoms with Crippen molar-refractivity contribution in [3.63, 3.8) is 0 Å². The molecule has 4 nitrogen and oxygen atoms in total. The third-order valence-corrected chi connectivity index (χ3v) is 3.39. The summed E-state index contributed by atoms with van der Waals surface area (Å²) in [5.41, 5.74) is 5.10. The lowest BCUT2D eigenvalue weighted by Crippen LogP contribution is -2.45. The van der Waals surface area contributed by atoms with Gasteiger partial charge in [0.1, 0.15) is 0 Å². The van der Waals surface area contributed by atoms with E-state index >= 15 is 0 Å². The first-order valence-corrected chi connectivity index (χ1v) is 6.66. The first-order valence-electron chi connectivity index (χ1n) is 6.66. The number of benzene rings is 1. The highest BCUT2D eigenvalue weighted by molar-refractivity contribution is 5.81. The smallest absolute Gasteiger partial charge is 0.0716 e. The van der Waals surface area contributed by atoms with Crippen molar-refractivity contribution in [2.75, 3.05) is 6.61 Å². The van der Waals surface area contributed by atoms with Gasteiger partial charge in [0.2, 0.25) is 0 Å². The number of hydrazine groups is 1. The van der Waals surface area contributed by atoms with Crippen LogP contribution in [0.1, 0.15) is 19.4 Å². The van der Waals surface area contributed by atoms with Gasteiger partial charge in [-0.15, -0.1) is 0 Å². The Hall–Kier alpha value is -1.49. The van der Waals surface area contributed by atoms with Crippen LogP contribution in [0.5, 0.6) is 0 Å². The van der Waals surface area contributed by atoms with Gasteiger partial charge in [-0.05, 0) is 38.0 Å². The maximum Gasteiger partial charge on any atom is 0.0716 e. The van der Waals surface area contributed by atoms with Crippen LogP contribution in [0.2, 0.25) is 0 Å². The summed E-state index contributed by atoms with van der Waals surface area (Å²) < 4.78 is 5.62. The molecule has 0 aliphatic heterocycles. The molecule has 2 rings (SSSR count). The van der Waals surface area contributed by atoms with Crippen molar-refractivity contribution in [1.82, 2.24) is 10.4 Å². The molecule has 19 heavy (non-hydrogen) atoms. The fourth-order valence-corrected chi connectivity index (χ4v) is 2.31. The number of nitrogens with zero attached hydrogens (tertiary/aromatic N) is 1. The number of hydrogen-bond donors (Lipinski definition) is 2. The molecule has 3 N–H and O–H groups in total. The Kier molecular flexibility index (Phi) is 4.85. The van der Waals surface area contributed by atoms with Crippen LogP contribution >= 0.6 is 0 Å². The number of para-hydroxylation sites is 1. The molecule has 4 heteroatoms. The van der Waals surface area contributed by atoms with Crippen LogP contribution < -0.4 is 11.3 Å². The number of aromatic nitrogens is 1. The summed E-state index contributed by atoms with van der Waals surface area (Å²) in [6.45, 7) is 4.72. The van der Waals surface area contributed by atoms with Crippen LogP contribution in [0.4, 0.5) is 0 Å². The Balaban J connectivity index is 2.24. The van der Waals surface area contributed by atoms with E-state index in [0.717, 1.165) is 11.9 Å². The monoisotopic (exact) mass is 259 g/mol. The number of pyridine rings is 1. The Morgan fingerprint density at radius 1 is 1.32 bits per heavy atom. The van der Waals surface area contributed by atoms with Crippen LogP contribution in [0.25, 0.3) is 10.9 Å². The Labute approximate surface area is 113 Å². The standard InChI is InChI=1S/C15H21N3O/c1-3-19-11(2)15(18-16)10-12-8-9-17-14-7-5-4-6-13(12)14/h4-9,11,15,18H,3,10,16H2,1-2H3. The number of ether oxygens (including phenoxy) is 1. The van der Waals surface area contributed by atoms with E-state index in [9.17, 15) is 0 Å². The highest BCUT2D eigenvalue weighted by Crippen LogP contribution is 2.18. The number of nitrogens with one attached hydrogen (secondary N) is 1. The molecule has 2 aromatic rings. The molecule has 0 radical (unpaired) electrons. The van der Waals surface area contributed by atoms with Gasteiger partial charge in [0.15, 0.2) is 0 Å². The summed E-state index contributed by atoms with van der Waals surface area (Å²) in [4.78, 5) is 4.37. The molecule has 102 valence electrons. The van der Waals surface area contributed by atoms with Crippen LogP contribution in [0.15, 0.2) is 36.5 Å². The van der Waals surface area contributed by atoms with Gasteiger partial charge in [0.05, 0.1) is 17.7 Å². The van der Waals surface area contributed by atoms with E-state index in [-0.39, 0.29) is 12.1 Å². The van der Waals surface area contributed by atoms with Crippen molar-refractivity contribution in [2.45, 2.75) is 32.4 Å². The molecule has 1 heterocycles. The highest BCUT2D eigenvalue weighted by atomic mass is 16.5. The minimum atomic E-state index is 0.0712. The number of nitrogens with two attached hydrogens (primary N) is 1. The Morgan fingerprint density at radius 3 is 2.84 bits per heavy atom. The summed E-state index contributed by atoms with van der Waals surface area (Å²) in [5, 5.41) is 1.17. The van der Waals surface area contributed by atoms with Gasteiger partial charge < -0.3 is 4.74 Å². The van der Waals surface area contributed by atoms with E-state index in [2.05, 4.69) is 16.5 Å². The lowest BCUT2D eigenvalue weighted by atomic mass is 9.99. The average molecular weight is 259 g/mol. The number of fused-ring (bicyclic) bond motifs is 1. The van der Waals surface area contributed by atoms with Crippen LogP contribution in [0.3, 0.4) is 0 Å². The summed E-state index contributed by atoms with van der Waals surface area (Å²) in [5.74, 6) is 5.65. The predicted molar refractivity (Wildman–Crippen MR) is 77.6 cm³/mol. The third kappa shape index (κ3) is 3.29. The Bertz CT molecular complexity index is 524. The molecule has 0 bridgehead atoms. The van der Waals surface area contributed by atoms with Crippen molar-refractivity contribution in [3.05, 3.63) is 42.1 Å². The number of rotatable bonds is 6. The van der Waals surface area contributed by atoms with Gasteiger partial charge in [0, 0.05) is 18.2 Å². The molecule has 0 saturated carbocycles. The van der Waals surface area contributed by atoms with Gasteiger partial charge >= 0.3 is 0 Å². The largest absolute Gasteiger partial charge is 0.377 e. The molecule has 0 aliphatic carbocycles. The zero-order valence-corrected chi connectivity index (χ0v) is 11.5. The van der Waals surface area contributed by atoms with E-state index in [4.69, 9.17) is 10.6 Å². The Morgan fingerprint density at radius 2 is 2.11 bits per heavy atom. The zero-order chi connectivity index (χ0) is 13.7. The zero-order valence-electron chi connectivity index (χ0n) is 11.5. The van der Waals surface area contributed by atoms with Crippen molar-refractivity contribution < 1.29 is 4.74 Å². The normalized spacial score (nSPS) is 14.5. The summed E-state index contributed by atoms with van der Waals surface area (Å²) in [6.07, 6.45) is 2.74. The second kappa shape index (κ2) is 6.61. The minimum Gasteiger partial charge on any atom is -0.377 e. The SMILES string of the molecule is CCOC(C)C(Cc1ccnc2ccccc12)NN. The fraction of sp³-hybridized carbons (Fsp3) is 0.400. The van der Waals surface area contributed by atoms with Crippen molar-refractivity contribution in [2.24, 2.45) is 5.84 Å². The molecule has 0 spiro atoms. The first kappa shape index (κ1) is 13.9. The predicted octanol–water partition coefficient (Wildman–Crippen LogP) is 2.03. The molecule has 2 atom stereocenters. The molecule has 1 aromatic heterocycles. The second-order valence-corrected chi connectivity index (χ2v) is 4.62. The molecule has 0 aliphatic rings. The van der Waals surface area contributed by atoms with Gasteiger partial charge in [0.25, 0.3) is 0 Å². The van der Waals surface area contributed by atoms with Gasteiger partial charge in [-0.1, -0.05) is 18.2 Å². The van der Waals surface area contributed by atoms with Crippen LogP contribution in [0, 0.1) is 0 Å². The third-order valence-electron chi connectivity index (χ3n) is 3.39. The van der Waals surface area contributed by atoms with E-state index in [1.807, 2.05) is 44.3 Å². The molecular formula is C15H21N3O. The second-order valence-electron chi connectivity index (χ2n) is 4.62. The van der Waals surface area contributed by atoms with E-state index in [0.29, 0.717) is 6.61 Å². The quantitative estimate of drug-likeness (QED) is 0.615. The van der Waals surface area contributed by atoms with Crippen LogP contribution in [-0.4, -0.2) is 23.7 Å². The van der Waals surface area contributed by atoms with Gasteiger partial charge in [-0.25, -0.2) is 0 Å². The first-order chi connectivity index (χ1) is 9.26. The molecule has 0 saturated heterocycles. The average Bonchev–Trinajstić information content (AvgIpc) is 2.45. The summed E-state index contributed by atoms with van der Waals surface area (Å²) >= 11 is 0. The van der Waals surface area contributed by atoms with Crippen molar-refractivity contribution >= 4 is 10.9 Å². The molecule has 0 amide bonds. The summed E-state index contributed by atoms with van der Waals surface area (Å²) in [6, 6.07) is 10.3. The van der Waals surface area contributed by atoms with E-state index < -0.39 is 0 Å². The fourth-order valence-electron chi connectivity index (χ4n) is 2.31. The summed E-state index contributed by atoms with van der Waals surface area (Å²) in [7, 11) is 0. The lowest BCUT2D eigenvalue weighted by Gasteiger charge is -2.23. The van der Waals surface area contributed by atoms with E-state index in [1.54, 1.807) is 0 Å². The van der Waals surface area contributed by atoms with Crippen molar-refractivity contribution in [3.8, 4) is 0 Å². The molecule has 1 aromatic carbocycles. The van der Waals surface area contributed by atoms with Gasteiger partial charge in [-0.2, -0.15) is 0 Å². The minimum absolute atomic E-state index is 0.0712. The lowest BCUT2D eigenvalue weighted by molar-refractivity contribution is 0.0477. The molecular weight excluding hydrogens is 238 g/mol. The molecule has 0 fully saturated rings. The molecule has 2 unspecified atom stereocenters. The van der Waals surface area contributed by atoms with E-state index in [1.165, 1.54) is 10.9 Å². The topological polar surface area (TPSA) is 60.2 Å². The van der Waals surface area contributed by atoms with Crippen molar-refractivity contribution in [1.29, 1.82) is 0 Å². The van der Waals surface area contributed by atoms with Crippen LogP contribution in [-0.2, 0) is 11.2 Å².